The van der Waals surface area contributed by atoms with Crippen LogP contribution in [0.2, 0.25) is 0 Å². The van der Waals surface area contributed by atoms with Crippen LogP contribution in [0.25, 0.3) is 0 Å². The molecule has 138 valence electrons. The van der Waals surface area contributed by atoms with Gasteiger partial charge in [0.2, 0.25) is 5.91 Å². The molecule has 1 saturated carbocycles. The molecule has 0 radical (unpaired) electrons. The molecule has 1 atom stereocenters. The van der Waals surface area contributed by atoms with Crippen LogP contribution in [0.1, 0.15) is 42.1 Å². The van der Waals surface area contributed by atoms with Gasteiger partial charge < -0.3 is 10.2 Å². The van der Waals surface area contributed by atoms with Gasteiger partial charge in [0.1, 0.15) is 6.04 Å². The quantitative estimate of drug-likeness (QED) is 0.826. The first-order valence-electron chi connectivity index (χ1n) is 8.99. The molecule has 2 fully saturated rings. The lowest BCUT2D eigenvalue weighted by Crippen LogP contribution is -2.24. The zero-order valence-corrected chi connectivity index (χ0v) is 14.5. The summed E-state index contributed by atoms with van der Waals surface area (Å²) in [5.41, 5.74) is 2.99. The van der Waals surface area contributed by atoms with Gasteiger partial charge >= 0.3 is 0 Å². The third-order valence-electron chi connectivity index (χ3n) is 5.01. The molecule has 2 heterocycles. The van der Waals surface area contributed by atoms with E-state index in [1.807, 2.05) is 23.1 Å². The van der Waals surface area contributed by atoms with E-state index in [0.717, 1.165) is 29.8 Å². The Morgan fingerprint density at radius 3 is 2.77 bits per heavy atom. The van der Waals surface area contributed by atoms with Crippen molar-refractivity contribution < 1.29 is 13.6 Å². The van der Waals surface area contributed by atoms with Gasteiger partial charge in [0.05, 0.1) is 5.69 Å². The maximum atomic E-state index is 13.3. The Morgan fingerprint density at radius 1 is 1.23 bits per heavy atom. The first kappa shape index (κ1) is 17.1. The monoisotopic (exact) mass is 360 g/mol. The second-order valence-electron chi connectivity index (χ2n) is 7.09. The third kappa shape index (κ3) is 3.62. The van der Waals surface area contributed by atoms with Gasteiger partial charge in [-0.15, -0.1) is 0 Å². The Morgan fingerprint density at radius 2 is 2.04 bits per heavy atom. The molecule has 2 aromatic rings. The number of carbonyl (C=O) groups excluding carboxylic acids is 1. The molecule has 1 aromatic heterocycles. The number of nitrogens with zero attached hydrogens (tertiary/aromatic N) is 3. The van der Waals surface area contributed by atoms with Crippen molar-refractivity contribution >= 4 is 5.91 Å². The van der Waals surface area contributed by atoms with E-state index in [2.05, 4.69) is 16.5 Å². The van der Waals surface area contributed by atoms with Crippen molar-refractivity contribution in [2.75, 3.05) is 6.54 Å². The van der Waals surface area contributed by atoms with Gasteiger partial charge in [-0.25, -0.2) is 8.78 Å². The maximum absolute atomic E-state index is 13.3. The van der Waals surface area contributed by atoms with Crippen LogP contribution in [-0.2, 0) is 24.4 Å². The van der Waals surface area contributed by atoms with Crippen LogP contribution in [-0.4, -0.2) is 33.1 Å². The number of rotatable bonds is 7. The Bertz CT molecular complexity index is 804. The zero-order chi connectivity index (χ0) is 18.1. The van der Waals surface area contributed by atoms with Crippen molar-refractivity contribution in [3.8, 4) is 0 Å². The van der Waals surface area contributed by atoms with E-state index in [1.54, 1.807) is 12.3 Å². The molecule has 26 heavy (non-hydrogen) atoms. The summed E-state index contributed by atoms with van der Waals surface area (Å²) in [6, 6.07) is 9.10. The number of hydrogen-bond acceptors (Lipinski definition) is 3. The molecule has 1 amide bonds. The molecule has 1 unspecified atom stereocenters. The lowest BCUT2D eigenvalue weighted by atomic mass is 10.1. The molecule has 5 nitrogen and oxygen atoms in total. The lowest BCUT2D eigenvalue weighted by molar-refractivity contribution is -0.128. The van der Waals surface area contributed by atoms with Crippen molar-refractivity contribution in [3.05, 3.63) is 53.3 Å². The molecule has 0 bridgehead atoms. The molecule has 1 aromatic carbocycles. The van der Waals surface area contributed by atoms with Crippen molar-refractivity contribution in [2.45, 2.75) is 50.9 Å². The second kappa shape index (κ2) is 6.79. The summed E-state index contributed by atoms with van der Waals surface area (Å²) < 4.78 is 27.9. The fourth-order valence-corrected chi connectivity index (χ4v) is 3.49. The largest absolute Gasteiger partial charge is 0.338 e. The van der Waals surface area contributed by atoms with Gasteiger partial charge in [0, 0.05) is 45.2 Å². The summed E-state index contributed by atoms with van der Waals surface area (Å²) in [5, 5.41) is 7.34. The molecule has 7 heteroatoms. The van der Waals surface area contributed by atoms with Gasteiger partial charge in [0.15, 0.2) is 0 Å². The van der Waals surface area contributed by atoms with Gasteiger partial charge in [-0.05, 0) is 23.6 Å². The van der Waals surface area contributed by atoms with Crippen molar-refractivity contribution in [1.82, 2.24) is 20.0 Å². The highest BCUT2D eigenvalue weighted by Gasteiger charge is 2.59. The van der Waals surface area contributed by atoms with E-state index in [9.17, 15) is 13.6 Å². The number of nitrogens with one attached hydrogen (secondary N) is 1. The number of hydrogen-bond donors (Lipinski definition) is 1. The number of carbonyl (C=O) groups is 1. The van der Waals surface area contributed by atoms with Crippen LogP contribution < -0.4 is 5.32 Å². The Labute approximate surface area is 151 Å². The fourth-order valence-electron chi connectivity index (χ4n) is 3.49. The van der Waals surface area contributed by atoms with Gasteiger partial charge in [-0.1, -0.05) is 24.3 Å². The first-order chi connectivity index (χ1) is 12.5. The molecule has 2 aliphatic rings. The molecule has 4 rings (SSSR count). The maximum Gasteiger partial charge on any atom is 0.272 e. The summed E-state index contributed by atoms with van der Waals surface area (Å²) >= 11 is 0. The minimum absolute atomic E-state index is 0.126. The highest BCUT2D eigenvalue weighted by Crippen LogP contribution is 2.52. The van der Waals surface area contributed by atoms with Crippen LogP contribution in [0.5, 0.6) is 0 Å². The number of benzene rings is 1. The molecule has 1 N–H and O–H groups in total. The Kier molecular flexibility index (Phi) is 4.48. The number of amides is 1. The standard InChI is InChI=1S/C19H22F2N4O/c20-19(21)10-17(19)25-16(6-7-23-25)12-22-11-14-3-1-4-15(9-14)13-24-8-2-5-18(24)26/h1,3-4,6-7,9,17,22H,2,5,8,10-13H2. The van der Waals surface area contributed by atoms with Crippen LogP contribution in [0.3, 0.4) is 0 Å². The van der Waals surface area contributed by atoms with Crippen molar-refractivity contribution in [2.24, 2.45) is 0 Å². The summed E-state index contributed by atoms with van der Waals surface area (Å²) in [6.45, 7) is 2.60. The average Bonchev–Trinajstić information content (AvgIpc) is 2.93. The van der Waals surface area contributed by atoms with E-state index in [1.165, 1.54) is 4.68 Å². The van der Waals surface area contributed by atoms with Gasteiger partial charge in [0.25, 0.3) is 5.92 Å². The van der Waals surface area contributed by atoms with E-state index >= 15 is 0 Å². The predicted octanol–water partition coefficient (Wildman–Crippen LogP) is 2.88. The first-order valence-corrected chi connectivity index (χ1v) is 8.99. The van der Waals surface area contributed by atoms with Crippen LogP contribution >= 0.6 is 0 Å². The van der Waals surface area contributed by atoms with Crippen LogP contribution in [0, 0.1) is 0 Å². The second-order valence-corrected chi connectivity index (χ2v) is 7.09. The summed E-state index contributed by atoms with van der Waals surface area (Å²) in [6.07, 6.45) is 3.03. The highest BCUT2D eigenvalue weighted by atomic mass is 19.3. The minimum atomic E-state index is -2.62. The van der Waals surface area contributed by atoms with Crippen molar-refractivity contribution in [1.29, 1.82) is 0 Å². The summed E-state index contributed by atoms with van der Waals surface area (Å²) in [5.74, 6) is -2.40. The van der Waals surface area contributed by atoms with Crippen LogP contribution in [0.4, 0.5) is 8.78 Å². The molecule has 1 saturated heterocycles. The fraction of sp³-hybridized carbons (Fsp3) is 0.474. The average molecular weight is 360 g/mol. The molecular weight excluding hydrogens is 338 g/mol. The molecule has 1 aliphatic carbocycles. The number of halogens is 2. The number of alkyl halides is 2. The number of aromatic nitrogens is 2. The van der Waals surface area contributed by atoms with Crippen molar-refractivity contribution in [3.63, 3.8) is 0 Å². The van der Waals surface area contributed by atoms with E-state index < -0.39 is 12.0 Å². The normalized spacial score (nSPS) is 21.4. The van der Waals surface area contributed by atoms with Gasteiger partial charge in [-0.2, -0.15) is 5.10 Å². The summed E-state index contributed by atoms with van der Waals surface area (Å²) in [7, 11) is 0. The molecule has 1 aliphatic heterocycles. The minimum Gasteiger partial charge on any atom is -0.338 e. The molecular formula is C19H22F2N4O. The molecule has 0 spiro atoms. The highest BCUT2D eigenvalue weighted by molar-refractivity contribution is 5.78. The summed E-state index contributed by atoms with van der Waals surface area (Å²) in [4.78, 5) is 13.6. The van der Waals surface area contributed by atoms with Crippen LogP contribution in [0.15, 0.2) is 36.5 Å². The van der Waals surface area contributed by atoms with E-state index in [-0.39, 0.29) is 12.3 Å². The van der Waals surface area contributed by atoms with E-state index in [0.29, 0.717) is 26.1 Å². The van der Waals surface area contributed by atoms with Gasteiger partial charge in [-0.3, -0.25) is 9.48 Å². The SMILES string of the molecule is O=C1CCCN1Cc1cccc(CNCc2ccnn2C2CC2(F)F)c1. The van der Waals surface area contributed by atoms with E-state index in [4.69, 9.17) is 0 Å². The Hall–Kier alpha value is -2.28. The predicted molar refractivity (Wildman–Crippen MR) is 92.5 cm³/mol. The number of likely N-dealkylation sites (tertiary alicyclic amines) is 1. The third-order valence-corrected chi connectivity index (χ3v) is 5.01. The topological polar surface area (TPSA) is 50.2 Å². The Balaban J connectivity index is 1.32. The lowest BCUT2D eigenvalue weighted by Gasteiger charge is -2.16. The smallest absolute Gasteiger partial charge is 0.272 e. The zero-order valence-electron chi connectivity index (χ0n) is 14.5.